The molecule has 0 saturated heterocycles. The molecule has 164 valence electrons. The summed E-state index contributed by atoms with van der Waals surface area (Å²) in [6.07, 6.45) is 6.63. The lowest BCUT2D eigenvalue weighted by Crippen LogP contribution is -2.24. The van der Waals surface area contributed by atoms with Crippen LogP contribution in [0, 0.1) is 12.7 Å². The molecule has 1 aliphatic carbocycles. The second-order valence-electron chi connectivity index (χ2n) is 9.10. The van der Waals surface area contributed by atoms with Crippen molar-refractivity contribution in [3.63, 3.8) is 0 Å². The molecule has 0 amide bonds. The summed E-state index contributed by atoms with van der Waals surface area (Å²) in [6.45, 7) is 2.72. The van der Waals surface area contributed by atoms with Crippen LogP contribution < -0.4 is 5.62 Å². The first-order chi connectivity index (χ1) is 15.6. The molecular formula is C28H30FN3. The largest absolute Gasteiger partial charge is 0.313 e. The first-order valence-corrected chi connectivity index (χ1v) is 11.6. The maximum atomic E-state index is 14.1. The average molecular weight is 428 g/mol. The molecule has 3 nitrogen and oxygen atoms in total. The van der Waals surface area contributed by atoms with Crippen molar-refractivity contribution in [2.45, 2.75) is 51.5 Å². The summed E-state index contributed by atoms with van der Waals surface area (Å²) >= 11 is 0. The molecule has 4 aromatic rings. The Balaban J connectivity index is 1.58. The molecule has 5 rings (SSSR count). The van der Waals surface area contributed by atoms with E-state index in [2.05, 4.69) is 64.6 Å². The molecule has 0 bridgehead atoms. The van der Waals surface area contributed by atoms with Gasteiger partial charge in [-0.05, 0) is 67.1 Å². The third-order valence-corrected chi connectivity index (χ3v) is 6.79. The van der Waals surface area contributed by atoms with Gasteiger partial charge >= 0.3 is 0 Å². The molecule has 0 atom stereocenters. The monoisotopic (exact) mass is 427 g/mol. The summed E-state index contributed by atoms with van der Waals surface area (Å²) in [5.74, 6) is 0.453. The molecule has 1 aromatic heterocycles. The fourth-order valence-corrected chi connectivity index (χ4v) is 4.93. The number of rotatable bonds is 4. The van der Waals surface area contributed by atoms with Gasteiger partial charge < -0.3 is 9.13 Å². The number of aromatic nitrogens is 2. The molecule has 0 aliphatic heterocycles. The van der Waals surface area contributed by atoms with Gasteiger partial charge in [0.1, 0.15) is 5.82 Å². The number of benzene rings is 3. The van der Waals surface area contributed by atoms with E-state index < -0.39 is 0 Å². The minimum absolute atomic E-state index is 0.232. The lowest BCUT2D eigenvalue weighted by Gasteiger charge is -2.21. The Labute approximate surface area is 188 Å². The number of aryl methyl sites for hydroxylation is 2. The van der Waals surface area contributed by atoms with Crippen molar-refractivity contribution < 1.29 is 4.39 Å². The van der Waals surface area contributed by atoms with Crippen molar-refractivity contribution in [1.82, 2.24) is 9.13 Å². The van der Waals surface area contributed by atoms with Crippen LogP contribution in [-0.2, 0) is 13.6 Å². The van der Waals surface area contributed by atoms with Crippen molar-refractivity contribution in [2.24, 2.45) is 12.0 Å². The van der Waals surface area contributed by atoms with Gasteiger partial charge in [0, 0.05) is 7.05 Å². The summed E-state index contributed by atoms with van der Waals surface area (Å²) in [5, 5.41) is 0. The Morgan fingerprint density at radius 2 is 1.59 bits per heavy atom. The second kappa shape index (κ2) is 8.78. The maximum Gasteiger partial charge on any atom is 0.211 e. The van der Waals surface area contributed by atoms with Crippen molar-refractivity contribution in [3.8, 4) is 0 Å². The molecular weight excluding hydrogens is 397 g/mol. The van der Waals surface area contributed by atoms with Crippen LogP contribution in [-0.4, -0.2) is 9.13 Å². The van der Waals surface area contributed by atoms with Gasteiger partial charge in [0.05, 0.1) is 23.3 Å². The predicted octanol–water partition coefficient (Wildman–Crippen LogP) is 6.76. The van der Waals surface area contributed by atoms with Gasteiger partial charge in [0.25, 0.3) is 0 Å². The molecule has 3 aromatic carbocycles. The molecule has 1 aliphatic rings. The van der Waals surface area contributed by atoms with Gasteiger partial charge in [-0.15, -0.1) is 0 Å². The average Bonchev–Trinajstić information content (AvgIpc) is 3.06. The molecule has 0 radical (unpaired) electrons. The van der Waals surface area contributed by atoms with Crippen molar-refractivity contribution in [1.29, 1.82) is 0 Å². The summed E-state index contributed by atoms with van der Waals surface area (Å²) in [5.41, 5.74) is 7.38. The first-order valence-electron chi connectivity index (χ1n) is 11.6. The van der Waals surface area contributed by atoms with Crippen LogP contribution in [0.1, 0.15) is 54.7 Å². The van der Waals surface area contributed by atoms with Crippen LogP contribution >= 0.6 is 0 Å². The van der Waals surface area contributed by atoms with Crippen molar-refractivity contribution in [2.75, 3.05) is 0 Å². The fourth-order valence-electron chi connectivity index (χ4n) is 4.93. The van der Waals surface area contributed by atoms with Gasteiger partial charge in [0.2, 0.25) is 5.62 Å². The predicted molar refractivity (Wildman–Crippen MR) is 129 cm³/mol. The number of halogens is 1. The van der Waals surface area contributed by atoms with Gasteiger partial charge in [-0.25, -0.2) is 9.38 Å². The Morgan fingerprint density at radius 1 is 0.875 bits per heavy atom. The van der Waals surface area contributed by atoms with E-state index in [-0.39, 0.29) is 5.82 Å². The van der Waals surface area contributed by atoms with Crippen molar-refractivity contribution in [3.05, 3.63) is 94.9 Å². The molecule has 0 N–H and O–H groups in total. The number of hydrogen-bond acceptors (Lipinski definition) is 1. The minimum atomic E-state index is -0.232. The van der Waals surface area contributed by atoms with Crippen LogP contribution in [0.2, 0.25) is 0 Å². The fraction of sp³-hybridized carbons (Fsp3) is 0.321. The summed E-state index contributed by atoms with van der Waals surface area (Å²) in [4.78, 5) is 5.01. The topological polar surface area (TPSA) is 22.2 Å². The van der Waals surface area contributed by atoms with E-state index >= 15 is 0 Å². The Kier molecular flexibility index (Phi) is 5.69. The van der Waals surface area contributed by atoms with Crippen LogP contribution in [0.3, 0.4) is 0 Å². The van der Waals surface area contributed by atoms with Crippen molar-refractivity contribution >= 4 is 16.7 Å². The van der Waals surface area contributed by atoms with E-state index in [0.29, 0.717) is 12.5 Å². The highest BCUT2D eigenvalue weighted by molar-refractivity contribution is 5.76. The molecule has 0 unspecified atom stereocenters. The van der Waals surface area contributed by atoms with E-state index in [9.17, 15) is 4.39 Å². The zero-order valence-electron chi connectivity index (χ0n) is 18.9. The van der Waals surface area contributed by atoms with E-state index in [1.54, 1.807) is 6.07 Å². The minimum Gasteiger partial charge on any atom is -0.313 e. The Bertz CT molecular complexity index is 1290. The first kappa shape index (κ1) is 20.7. The highest BCUT2D eigenvalue weighted by Gasteiger charge is 2.15. The van der Waals surface area contributed by atoms with E-state index in [0.717, 1.165) is 22.3 Å². The summed E-state index contributed by atoms with van der Waals surface area (Å²) < 4.78 is 18.3. The molecule has 0 spiro atoms. The van der Waals surface area contributed by atoms with Crippen LogP contribution in [0.5, 0.6) is 0 Å². The Hall–Kier alpha value is -3.14. The third kappa shape index (κ3) is 4.14. The lowest BCUT2D eigenvalue weighted by molar-refractivity contribution is 0.443. The van der Waals surface area contributed by atoms with Gasteiger partial charge in [-0.2, -0.15) is 0 Å². The molecule has 1 heterocycles. The molecule has 1 fully saturated rings. The number of nitrogens with zero attached hydrogens (tertiary/aromatic N) is 3. The summed E-state index contributed by atoms with van der Waals surface area (Å²) in [6, 6.07) is 22.2. The van der Waals surface area contributed by atoms with Gasteiger partial charge in [-0.3, -0.25) is 0 Å². The van der Waals surface area contributed by atoms with E-state index in [1.165, 1.54) is 54.9 Å². The highest BCUT2D eigenvalue weighted by Crippen LogP contribution is 2.33. The number of hydrogen-bond donors (Lipinski definition) is 0. The highest BCUT2D eigenvalue weighted by atomic mass is 19.1. The lowest BCUT2D eigenvalue weighted by atomic mass is 9.84. The third-order valence-electron chi connectivity index (χ3n) is 6.79. The van der Waals surface area contributed by atoms with Gasteiger partial charge in [0.15, 0.2) is 0 Å². The normalized spacial score (nSPS) is 15.5. The molecule has 32 heavy (non-hydrogen) atoms. The van der Waals surface area contributed by atoms with Gasteiger partial charge in [-0.1, -0.05) is 61.2 Å². The number of fused-ring (bicyclic) bond motifs is 1. The maximum absolute atomic E-state index is 14.1. The Morgan fingerprint density at radius 3 is 2.31 bits per heavy atom. The standard InChI is InChI=1S/C28H30FN3/c1-20-8-10-21(11-9-20)19-32-27-18-24(29)14-17-26(27)31(2)28(32)30-25-15-12-23(13-16-25)22-6-4-3-5-7-22/h8-18,22H,3-7,19H2,1-2H3. The number of imidazole rings is 1. The van der Waals surface area contributed by atoms with E-state index in [1.807, 2.05) is 13.1 Å². The molecule has 1 saturated carbocycles. The second-order valence-corrected chi connectivity index (χ2v) is 9.10. The smallest absolute Gasteiger partial charge is 0.211 e. The SMILES string of the molecule is Cc1ccc(Cn2c(=Nc3ccc(C4CCCCC4)cc3)n(C)c3ccc(F)cc32)cc1. The molecule has 4 heteroatoms. The van der Waals surface area contributed by atoms with E-state index in [4.69, 9.17) is 4.99 Å². The summed E-state index contributed by atoms with van der Waals surface area (Å²) in [7, 11) is 2.00. The van der Waals surface area contributed by atoms with Crippen LogP contribution in [0.4, 0.5) is 10.1 Å². The van der Waals surface area contributed by atoms with Crippen LogP contribution in [0.25, 0.3) is 11.0 Å². The quantitative estimate of drug-likeness (QED) is 0.343. The zero-order valence-corrected chi connectivity index (χ0v) is 18.9. The van der Waals surface area contributed by atoms with Crippen LogP contribution in [0.15, 0.2) is 71.7 Å². The zero-order chi connectivity index (χ0) is 22.1.